The molecular weight excluding hydrogens is 519 g/mol. The second kappa shape index (κ2) is 15.6. The van der Waals surface area contributed by atoms with Crippen LogP contribution >= 0.6 is 35.3 Å². The average molecular weight is 557 g/mol. The van der Waals surface area contributed by atoms with Crippen molar-refractivity contribution in [2.45, 2.75) is 45.3 Å². The third-order valence-electron chi connectivity index (χ3n) is 5.30. The van der Waals surface area contributed by atoms with Gasteiger partial charge in [0.25, 0.3) is 0 Å². The smallest absolute Gasteiger partial charge is 0.191 e. The lowest BCUT2D eigenvalue weighted by Gasteiger charge is -2.31. The van der Waals surface area contributed by atoms with Crippen molar-refractivity contribution in [2.75, 3.05) is 39.3 Å². The molecular formula is C24H37IN4OS. The first-order chi connectivity index (χ1) is 14.8. The molecule has 1 aromatic carbocycles. The molecule has 0 radical (unpaired) electrons. The molecule has 1 saturated heterocycles. The van der Waals surface area contributed by atoms with Gasteiger partial charge in [0.1, 0.15) is 0 Å². The van der Waals surface area contributed by atoms with E-state index in [1.165, 1.54) is 10.4 Å². The van der Waals surface area contributed by atoms with Crippen LogP contribution in [0.2, 0.25) is 0 Å². The number of thiophene rings is 1. The van der Waals surface area contributed by atoms with Crippen LogP contribution in [0.3, 0.4) is 0 Å². The molecule has 172 valence electrons. The Morgan fingerprint density at radius 1 is 1.13 bits per heavy atom. The van der Waals surface area contributed by atoms with E-state index in [0.717, 1.165) is 77.5 Å². The van der Waals surface area contributed by atoms with Gasteiger partial charge in [-0.1, -0.05) is 36.4 Å². The molecule has 7 heteroatoms. The zero-order chi connectivity index (χ0) is 20.9. The maximum absolute atomic E-state index is 6.12. The van der Waals surface area contributed by atoms with E-state index in [1.54, 1.807) is 11.3 Å². The van der Waals surface area contributed by atoms with Gasteiger partial charge in [0.2, 0.25) is 0 Å². The number of ether oxygens (including phenoxy) is 1. The highest BCUT2D eigenvalue weighted by atomic mass is 127. The van der Waals surface area contributed by atoms with E-state index in [2.05, 4.69) is 75.3 Å². The molecule has 31 heavy (non-hydrogen) atoms. The van der Waals surface area contributed by atoms with Crippen LogP contribution in [0.25, 0.3) is 0 Å². The summed E-state index contributed by atoms with van der Waals surface area (Å²) < 4.78 is 6.12. The van der Waals surface area contributed by atoms with Crippen molar-refractivity contribution in [1.82, 2.24) is 15.5 Å². The molecule has 2 heterocycles. The Morgan fingerprint density at radius 2 is 1.94 bits per heavy atom. The number of aliphatic imine (C=N–C) groups is 1. The summed E-state index contributed by atoms with van der Waals surface area (Å²) in [5.74, 6) is 0.906. The van der Waals surface area contributed by atoms with Gasteiger partial charge in [0, 0.05) is 50.8 Å². The maximum atomic E-state index is 6.12. The zero-order valence-corrected chi connectivity index (χ0v) is 21.7. The van der Waals surface area contributed by atoms with Crippen LogP contribution < -0.4 is 10.6 Å². The van der Waals surface area contributed by atoms with E-state index >= 15 is 0 Å². The van der Waals surface area contributed by atoms with Gasteiger partial charge < -0.3 is 15.4 Å². The molecule has 3 rings (SSSR count). The van der Waals surface area contributed by atoms with E-state index in [9.17, 15) is 0 Å². The van der Waals surface area contributed by atoms with Gasteiger partial charge in [-0.15, -0.1) is 35.3 Å². The second-order valence-electron chi connectivity index (χ2n) is 7.70. The lowest BCUT2D eigenvalue weighted by atomic mass is 10.1. The minimum Gasteiger partial charge on any atom is -0.378 e. The summed E-state index contributed by atoms with van der Waals surface area (Å²) in [5, 5.41) is 8.87. The molecule has 0 unspecified atom stereocenters. The van der Waals surface area contributed by atoms with Crippen LogP contribution in [0, 0.1) is 0 Å². The van der Waals surface area contributed by atoms with Crippen LogP contribution in [0.4, 0.5) is 0 Å². The maximum Gasteiger partial charge on any atom is 0.191 e. The number of piperidine rings is 1. The first kappa shape index (κ1) is 26.1. The topological polar surface area (TPSA) is 48.9 Å². The number of hydrogen-bond acceptors (Lipinski definition) is 4. The quantitative estimate of drug-likeness (QED) is 0.185. The van der Waals surface area contributed by atoms with Crippen molar-refractivity contribution in [3.8, 4) is 0 Å². The average Bonchev–Trinajstić information content (AvgIpc) is 3.29. The number of likely N-dealkylation sites (tertiary alicyclic amines) is 1. The molecule has 0 aliphatic carbocycles. The number of benzene rings is 1. The minimum atomic E-state index is 0. The van der Waals surface area contributed by atoms with E-state index in [1.807, 2.05) is 0 Å². The lowest BCUT2D eigenvalue weighted by Crippen LogP contribution is -2.38. The summed E-state index contributed by atoms with van der Waals surface area (Å²) in [6.07, 6.45) is 4.66. The number of hydrogen-bond donors (Lipinski definition) is 2. The molecule has 2 aromatic rings. The summed E-state index contributed by atoms with van der Waals surface area (Å²) in [7, 11) is 0. The fourth-order valence-corrected chi connectivity index (χ4v) is 4.39. The molecule has 2 N–H and O–H groups in total. The lowest BCUT2D eigenvalue weighted by molar-refractivity contribution is 0.00566. The minimum absolute atomic E-state index is 0. The molecule has 1 aliphatic rings. The van der Waals surface area contributed by atoms with Crippen molar-refractivity contribution in [2.24, 2.45) is 4.99 Å². The van der Waals surface area contributed by atoms with Crippen molar-refractivity contribution < 1.29 is 4.74 Å². The van der Waals surface area contributed by atoms with Gasteiger partial charge in [-0.3, -0.25) is 9.89 Å². The fourth-order valence-electron chi connectivity index (χ4n) is 3.68. The third kappa shape index (κ3) is 10.3. The van der Waals surface area contributed by atoms with E-state index < -0.39 is 0 Å². The van der Waals surface area contributed by atoms with Crippen LogP contribution in [-0.2, 0) is 17.7 Å². The predicted molar refractivity (Wildman–Crippen MR) is 143 cm³/mol. The fraction of sp³-hybridized carbons (Fsp3) is 0.542. The van der Waals surface area contributed by atoms with Crippen molar-refractivity contribution in [3.63, 3.8) is 0 Å². The first-order valence-electron chi connectivity index (χ1n) is 11.3. The number of nitrogens with one attached hydrogen (secondary N) is 2. The highest BCUT2D eigenvalue weighted by molar-refractivity contribution is 14.0. The van der Waals surface area contributed by atoms with Crippen LogP contribution in [0.1, 0.15) is 36.6 Å². The van der Waals surface area contributed by atoms with Crippen molar-refractivity contribution in [1.29, 1.82) is 0 Å². The monoisotopic (exact) mass is 556 g/mol. The Hall–Kier alpha value is -1.16. The molecule has 1 aromatic heterocycles. The highest BCUT2D eigenvalue weighted by Gasteiger charge is 2.19. The summed E-state index contributed by atoms with van der Waals surface area (Å²) in [6, 6.07) is 15.0. The first-order valence-corrected chi connectivity index (χ1v) is 12.1. The van der Waals surface area contributed by atoms with Gasteiger partial charge in [0.05, 0.1) is 6.10 Å². The zero-order valence-electron chi connectivity index (χ0n) is 18.6. The Bertz CT molecular complexity index is 718. The molecule has 0 atom stereocenters. The van der Waals surface area contributed by atoms with Crippen molar-refractivity contribution in [3.05, 3.63) is 58.3 Å². The van der Waals surface area contributed by atoms with Crippen LogP contribution in [0.15, 0.2) is 52.8 Å². The Balaban J connectivity index is 0.00000341. The summed E-state index contributed by atoms with van der Waals surface area (Å²) in [5.41, 5.74) is 1.40. The van der Waals surface area contributed by atoms with Gasteiger partial charge >= 0.3 is 0 Å². The number of guanidine groups is 1. The third-order valence-corrected chi connectivity index (χ3v) is 6.23. The normalized spacial score (nSPS) is 15.5. The number of rotatable bonds is 11. The standard InChI is InChI=1S/C24H36N4OS.HI/c1-2-25-24(27-15-11-23-10-6-19-30-23)26-14-7-18-29-22-12-16-28(17-13-22)20-21-8-4-3-5-9-21;/h3-6,8-10,19,22H,2,7,11-18,20H2,1H3,(H2,25,26,27);1H. The van der Waals surface area contributed by atoms with E-state index in [-0.39, 0.29) is 24.0 Å². The number of nitrogens with zero attached hydrogens (tertiary/aromatic N) is 2. The Labute approximate surface area is 208 Å². The Morgan fingerprint density at radius 3 is 2.65 bits per heavy atom. The highest BCUT2D eigenvalue weighted by Crippen LogP contribution is 2.16. The largest absolute Gasteiger partial charge is 0.378 e. The predicted octanol–water partition coefficient (Wildman–Crippen LogP) is 4.54. The van der Waals surface area contributed by atoms with Crippen LogP contribution in [0.5, 0.6) is 0 Å². The molecule has 0 bridgehead atoms. The number of halogens is 1. The van der Waals surface area contributed by atoms with Crippen LogP contribution in [-0.4, -0.2) is 56.3 Å². The van der Waals surface area contributed by atoms with Gasteiger partial charge in [0.15, 0.2) is 5.96 Å². The molecule has 5 nitrogen and oxygen atoms in total. The molecule has 1 fully saturated rings. The Kier molecular flexibility index (Phi) is 13.1. The van der Waals surface area contributed by atoms with Gasteiger partial charge in [-0.25, -0.2) is 0 Å². The SMILES string of the molecule is CCNC(=NCCCOC1CCN(Cc2ccccc2)CC1)NCCc1cccs1.I. The summed E-state index contributed by atoms with van der Waals surface area (Å²) in [6.45, 7) is 8.77. The van der Waals surface area contributed by atoms with Gasteiger partial charge in [-0.05, 0) is 49.6 Å². The molecule has 0 saturated carbocycles. The summed E-state index contributed by atoms with van der Waals surface area (Å²) >= 11 is 1.81. The second-order valence-corrected chi connectivity index (χ2v) is 8.73. The van der Waals surface area contributed by atoms with Crippen molar-refractivity contribution >= 4 is 41.3 Å². The molecule has 1 aliphatic heterocycles. The van der Waals surface area contributed by atoms with E-state index in [0.29, 0.717) is 6.10 Å². The van der Waals surface area contributed by atoms with Gasteiger partial charge in [-0.2, -0.15) is 0 Å². The van der Waals surface area contributed by atoms with E-state index in [4.69, 9.17) is 4.74 Å². The summed E-state index contributed by atoms with van der Waals surface area (Å²) in [4.78, 5) is 8.62. The molecule has 0 spiro atoms. The molecule has 0 amide bonds.